The van der Waals surface area contributed by atoms with E-state index < -0.39 is 23.8 Å². The topological polar surface area (TPSA) is 44.8 Å². The number of halogens is 4. The Hall–Kier alpha value is -2.06. The minimum atomic E-state index is -4.49. The molecule has 0 heterocycles. The van der Waals surface area contributed by atoms with Crippen LogP contribution in [-0.4, -0.2) is 25.4 Å². The third-order valence-electron chi connectivity index (χ3n) is 3.91. The van der Waals surface area contributed by atoms with Crippen molar-refractivity contribution in [2.45, 2.75) is 36.9 Å². The number of esters is 1. The van der Waals surface area contributed by atoms with Crippen molar-refractivity contribution in [3.63, 3.8) is 0 Å². The maximum absolute atomic E-state index is 12.8. The molecular formula is C20H20ClF3O4S. The van der Waals surface area contributed by atoms with Crippen LogP contribution in [0, 0.1) is 0 Å². The molecule has 0 N–H and O–H groups in total. The highest BCUT2D eigenvalue weighted by Crippen LogP contribution is 2.38. The van der Waals surface area contributed by atoms with E-state index in [2.05, 4.69) is 0 Å². The molecular weight excluding hydrogens is 429 g/mol. The van der Waals surface area contributed by atoms with Crippen LogP contribution in [0.1, 0.15) is 25.3 Å². The summed E-state index contributed by atoms with van der Waals surface area (Å²) in [6, 6.07) is 7.78. The van der Waals surface area contributed by atoms with Crippen LogP contribution in [-0.2, 0) is 15.7 Å². The van der Waals surface area contributed by atoms with Crippen molar-refractivity contribution < 1.29 is 32.2 Å². The first kappa shape index (κ1) is 23.2. The van der Waals surface area contributed by atoms with Crippen molar-refractivity contribution >= 4 is 29.3 Å². The van der Waals surface area contributed by atoms with E-state index in [-0.39, 0.29) is 10.8 Å². The second kappa shape index (κ2) is 10.1. The van der Waals surface area contributed by atoms with E-state index in [9.17, 15) is 18.0 Å². The van der Waals surface area contributed by atoms with Gasteiger partial charge in [-0.25, -0.2) is 4.79 Å². The molecule has 2 rings (SSSR count). The molecule has 0 aliphatic heterocycles. The Morgan fingerprint density at radius 3 is 2.45 bits per heavy atom. The summed E-state index contributed by atoms with van der Waals surface area (Å²) >= 11 is 7.36. The number of hydrogen-bond acceptors (Lipinski definition) is 5. The van der Waals surface area contributed by atoms with Crippen LogP contribution in [0.3, 0.4) is 0 Å². The molecule has 0 radical (unpaired) electrons. The molecule has 1 unspecified atom stereocenters. The number of thioether (sulfide) groups is 1. The van der Waals surface area contributed by atoms with Crippen molar-refractivity contribution in [3.8, 4) is 17.2 Å². The van der Waals surface area contributed by atoms with E-state index in [0.29, 0.717) is 24.3 Å². The zero-order valence-corrected chi connectivity index (χ0v) is 17.6. The number of rotatable bonds is 8. The monoisotopic (exact) mass is 448 g/mol. The molecule has 4 nitrogen and oxygen atoms in total. The molecule has 0 aromatic heterocycles. The van der Waals surface area contributed by atoms with Gasteiger partial charge in [0.1, 0.15) is 17.2 Å². The average Bonchev–Trinajstić information content (AvgIpc) is 2.68. The lowest BCUT2D eigenvalue weighted by Gasteiger charge is -2.19. The molecule has 29 heavy (non-hydrogen) atoms. The van der Waals surface area contributed by atoms with Gasteiger partial charge >= 0.3 is 12.1 Å². The van der Waals surface area contributed by atoms with Crippen molar-refractivity contribution in [3.05, 3.63) is 47.0 Å². The average molecular weight is 449 g/mol. The lowest BCUT2D eigenvalue weighted by Crippen LogP contribution is -2.28. The normalized spacial score (nSPS) is 12.4. The largest absolute Gasteiger partial charge is 0.477 e. The molecule has 9 heteroatoms. The number of alkyl halides is 3. The van der Waals surface area contributed by atoms with Gasteiger partial charge in [0, 0.05) is 11.0 Å². The van der Waals surface area contributed by atoms with Gasteiger partial charge in [0.2, 0.25) is 0 Å². The number of carbonyl (C=O) groups excluding carboxylic acids is 1. The molecule has 2 aromatic rings. The van der Waals surface area contributed by atoms with Crippen molar-refractivity contribution in [1.82, 2.24) is 0 Å². The molecule has 0 bridgehead atoms. The Balaban J connectivity index is 2.29. The first-order valence-corrected chi connectivity index (χ1v) is 10.3. The maximum Gasteiger partial charge on any atom is 0.416 e. The Bertz CT molecular complexity index is 858. The Morgan fingerprint density at radius 1 is 1.17 bits per heavy atom. The smallest absolute Gasteiger partial charge is 0.416 e. The predicted molar refractivity (Wildman–Crippen MR) is 106 cm³/mol. The van der Waals surface area contributed by atoms with E-state index in [1.807, 2.05) is 13.2 Å². The van der Waals surface area contributed by atoms with Gasteiger partial charge in [0.05, 0.1) is 17.7 Å². The molecule has 0 amide bonds. The molecule has 0 spiro atoms. The molecule has 0 aliphatic rings. The second-order valence-electron chi connectivity index (χ2n) is 5.98. The Labute approximate surface area is 176 Å². The van der Waals surface area contributed by atoms with Crippen LogP contribution in [0.5, 0.6) is 17.2 Å². The van der Waals surface area contributed by atoms with Crippen LogP contribution >= 0.6 is 23.4 Å². The highest BCUT2D eigenvalue weighted by molar-refractivity contribution is 7.98. The van der Waals surface area contributed by atoms with Crippen molar-refractivity contribution in [2.75, 3.05) is 13.4 Å². The molecule has 0 saturated carbocycles. The van der Waals surface area contributed by atoms with Crippen LogP contribution in [0.2, 0.25) is 5.02 Å². The van der Waals surface area contributed by atoms with Gasteiger partial charge in [-0.3, -0.25) is 0 Å². The van der Waals surface area contributed by atoms with Gasteiger partial charge in [-0.15, -0.1) is 11.8 Å². The fourth-order valence-electron chi connectivity index (χ4n) is 2.47. The molecule has 2 aromatic carbocycles. The van der Waals surface area contributed by atoms with Gasteiger partial charge in [0.15, 0.2) is 6.10 Å². The molecule has 0 saturated heterocycles. The zero-order chi connectivity index (χ0) is 21.6. The molecule has 0 aliphatic carbocycles. The fraction of sp³-hybridized carbons (Fsp3) is 0.350. The number of hydrogen-bond donors (Lipinski definition) is 0. The second-order valence-corrected chi connectivity index (χ2v) is 7.23. The van der Waals surface area contributed by atoms with Gasteiger partial charge in [-0.2, -0.15) is 13.2 Å². The summed E-state index contributed by atoms with van der Waals surface area (Å²) in [6.45, 7) is 1.92. The zero-order valence-electron chi connectivity index (χ0n) is 16.0. The quantitative estimate of drug-likeness (QED) is 0.336. The first-order chi connectivity index (χ1) is 13.7. The number of methoxy groups -OCH3 is 1. The number of benzene rings is 2. The number of ether oxygens (including phenoxy) is 3. The van der Waals surface area contributed by atoms with E-state index in [1.165, 1.54) is 18.9 Å². The Morgan fingerprint density at radius 2 is 1.90 bits per heavy atom. The summed E-state index contributed by atoms with van der Waals surface area (Å²) in [6.07, 6.45) is -2.24. The molecule has 1 atom stereocenters. The standard InChI is InChI=1S/C20H20ClF3O4S/c1-4-5-16(19(25)26-2)28-17-11-13(7-9-18(17)29-3)27-15-8-6-12(10-14(15)21)20(22,23)24/h6-11,16H,4-5H2,1-3H3. The minimum absolute atomic E-state index is 0.0700. The van der Waals surface area contributed by atoms with E-state index in [0.717, 1.165) is 23.1 Å². The minimum Gasteiger partial charge on any atom is -0.477 e. The van der Waals surface area contributed by atoms with Crippen molar-refractivity contribution in [1.29, 1.82) is 0 Å². The summed E-state index contributed by atoms with van der Waals surface area (Å²) in [5, 5.41) is -0.172. The first-order valence-electron chi connectivity index (χ1n) is 8.66. The third kappa shape index (κ3) is 6.21. The lowest BCUT2D eigenvalue weighted by atomic mass is 10.2. The molecule has 158 valence electrons. The Kier molecular flexibility index (Phi) is 8.10. The maximum atomic E-state index is 12.8. The summed E-state index contributed by atoms with van der Waals surface area (Å²) in [5.41, 5.74) is -0.864. The van der Waals surface area contributed by atoms with Gasteiger partial charge < -0.3 is 14.2 Å². The van der Waals surface area contributed by atoms with E-state index >= 15 is 0 Å². The summed E-state index contributed by atoms with van der Waals surface area (Å²) in [7, 11) is 1.29. The van der Waals surface area contributed by atoms with Crippen LogP contribution in [0.4, 0.5) is 13.2 Å². The SMILES string of the molecule is CCCC(Oc1cc(Oc2ccc(C(F)(F)F)cc2Cl)ccc1SC)C(=O)OC. The predicted octanol–water partition coefficient (Wildman–Crippen LogP) is 6.59. The van der Waals surface area contributed by atoms with Gasteiger partial charge in [0.25, 0.3) is 0 Å². The molecule has 0 fully saturated rings. The summed E-state index contributed by atoms with van der Waals surface area (Å²) < 4.78 is 54.6. The van der Waals surface area contributed by atoms with E-state index in [1.54, 1.807) is 18.2 Å². The third-order valence-corrected chi connectivity index (χ3v) is 4.98. The highest BCUT2D eigenvalue weighted by Gasteiger charge is 2.31. The van der Waals surface area contributed by atoms with Gasteiger partial charge in [-0.05, 0) is 43.0 Å². The van der Waals surface area contributed by atoms with Crippen LogP contribution in [0.15, 0.2) is 41.3 Å². The van der Waals surface area contributed by atoms with Gasteiger partial charge in [-0.1, -0.05) is 24.9 Å². The fourth-order valence-corrected chi connectivity index (χ4v) is 3.20. The summed E-state index contributed by atoms with van der Waals surface area (Å²) in [5.74, 6) is 0.290. The highest BCUT2D eigenvalue weighted by atomic mass is 35.5. The number of carbonyl (C=O) groups is 1. The van der Waals surface area contributed by atoms with Crippen LogP contribution < -0.4 is 9.47 Å². The lowest BCUT2D eigenvalue weighted by molar-refractivity contribution is -0.149. The van der Waals surface area contributed by atoms with Crippen molar-refractivity contribution in [2.24, 2.45) is 0 Å². The summed E-state index contributed by atoms with van der Waals surface area (Å²) in [4.78, 5) is 12.7. The van der Waals surface area contributed by atoms with E-state index in [4.69, 9.17) is 25.8 Å². The van der Waals surface area contributed by atoms with Crippen LogP contribution in [0.25, 0.3) is 0 Å².